The number of aromatic nitrogens is 2. The first kappa shape index (κ1) is 9.21. The Morgan fingerprint density at radius 2 is 2.21 bits per heavy atom. The molecule has 0 aromatic carbocycles. The van der Waals surface area contributed by atoms with Crippen molar-refractivity contribution >= 4 is 22.4 Å². The second kappa shape index (κ2) is 3.10. The predicted octanol–water partition coefficient (Wildman–Crippen LogP) is 1.90. The van der Waals surface area contributed by atoms with Crippen LogP contribution in [0.1, 0.15) is 5.69 Å². The third kappa shape index (κ3) is 1.30. The van der Waals surface area contributed by atoms with Gasteiger partial charge in [0.25, 0.3) is 5.56 Å². The number of hydrogen-bond donors (Lipinski definition) is 0. The van der Waals surface area contributed by atoms with Crippen molar-refractivity contribution in [1.29, 1.82) is 0 Å². The molecule has 0 aliphatic heterocycles. The van der Waals surface area contributed by atoms with Crippen molar-refractivity contribution in [2.24, 2.45) is 7.05 Å². The Balaban J connectivity index is 3.03. The zero-order chi connectivity index (χ0) is 10.3. The third-order valence-corrected chi connectivity index (χ3v) is 2.42. The second-order valence-electron chi connectivity index (χ2n) is 3.25. The second-order valence-corrected chi connectivity index (χ2v) is 3.61. The smallest absolute Gasteiger partial charge is 0.261 e. The quantitative estimate of drug-likeness (QED) is 0.620. The van der Waals surface area contributed by atoms with Crippen LogP contribution in [0.3, 0.4) is 0 Å². The van der Waals surface area contributed by atoms with E-state index in [4.69, 9.17) is 11.6 Å². The molecule has 0 spiro atoms. The molecule has 2 heterocycles. The molecule has 0 aliphatic carbocycles. The maximum atomic E-state index is 11.7. The highest BCUT2D eigenvalue weighted by Crippen LogP contribution is 2.18. The minimum atomic E-state index is -0.111. The van der Waals surface area contributed by atoms with Crippen molar-refractivity contribution in [2.45, 2.75) is 6.92 Å². The first-order chi connectivity index (χ1) is 6.59. The molecular weight excluding hydrogens is 200 g/mol. The summed E-state index contributed by atoms with van der Waals surface area (Å²) in [7, 11) is 1.69. The van der Waals surface area contributed by atoms with E-state index >= 15 is 0 Å². The van der Waals surface area contributed by atoms with E-state index in [0.717, 1.165) is 11.1 Å². The molecule has 2 aromatic rings. The standard InChI is InChI=1S/C10H9ClN2O/c1-6-5-7-3-4-13(2)10(14)8(7)9(11)12-6/h3-5H,1-2H3. The summed E-state index contributed by atoms with van der Waals surface area (Å²) in [4.78, 5) is 15.8. The van der Waals surface area contributed by atoms with Crippen LogP contribution in [0, 0.1) is 6.92 Å². The van der Waals surface area contributed by atoms with Gasteiger partial charge in [-0.3, -0.25) is 4.79 Å². The van der Waals surface area contributed by atoms with Gasteiger partial charge in [0.15, 0.2) is 0 Å². The van der Waals surface area contributed by atoms with Crippen LogP contribution in [-0.4, -0.2) is 9.55 Å². The minimum absolute atomic E-state index is 0.111. The Kier molecular flexibility index (Phi) is 2.04. The number of nitrogens with zero attached hydrogens (tertiary/aromatic N) is 2. The van der Waals surface area contributed by atoms with Crippen LogP contribution in [0.5, 0.6) is 0 Å². The molecular formula is C10H9ClN2O. The average molecular weight is 209 g/mol. The van der Waals surface area contributed by atoms with Crippen molar-refractivity contribution in [3.63, 3.8) is 0 Å². The van der Waals surface area contributed by atoms with Crippen LogP contribution >= 0.6 is 11.6 Å². The number of aryl methyl sites for hydroxylation is 2. The fraction of sp³-hybridized carbons (Fsp3) is 0.200. The van der Waals surface area contributed by atoms with E-state index in [-0.39, 0.29) is 10.7 Å². The maximum Gasteiger partial charge on any atom is 0.261 e. The minimum Gasteiger partial charge on any atom is -0.318 e. The van der Waals surface area contributed by atoms with Gasteiger partial charge in [0.05, 0.1) is 5.39 Å². The lowest BCUT2D eigenvalue weighted by Gasteiger charge is -2.03. The molecule has 0 fully saturated rings. The first-order valence-electron chi connectivity index (χ1n) is 4.22. The van der Waals surface area contributed by atoms with Crippen LogP contribution in [0.4, 0.5) is 0 Å². The topological polar surface area (TPSA) is 34.9 Å². The van der Waals surface area contributed by atoms with Gasteiger partial charge < -0.3 is 4.57 Å². The molecule has 72 valence electrons. The van der Waals surface area contributed by atoms with Gasteiger partial charge in [-0.25, -0.2) is 4.98 Å². The summed E-state index contributed by atoms with van der Waals surface area (Å²) in [5, 5.41) is 1.61. The summed E-state index contributed by atoms with van der Waals surface area (Å²) in [5.41, 5.74) is 0.704. The lowest BCUT2D eigenvalue weighted by Crippen LogP contribution is -2.16. The van der Waals surface area contributed by atoms with Crippen molar-refractivity contribution in [3.8, 4) is 0 Å². The molecule has 3 nitrogen and oxygen atoms in total. The molecule has 0 N–H and O–H groups in total. The fourth-order valence-electron chi connectivity index (χ4n) is 1.44. The van der Waals surface area contributed by atoms with E-state index in [9.17, 15) is 4.79 Å². The largest absolute Gasteiger partial charge is 0.318 e. The molecule has 0 bridgehead atoms. The van der Waals surface area contributed by atoms with E-state index < -0.39 is 0 Å². The zero-order valence-corrected chi connectivity index (χ0v) is 8.67. The van der Waals surface area contributed by atoms with Gasteiger partial charge in [-0.2, -0.15) is 0 Å². The normalized spacial score (nSPS) is 10.8. The van der Waals surface area contributed by atoms with Crippen molar-refractivity contribution < 1.29 is 0 Å². The van der Waals surface area contributed by atoms with Gasteiger partial charge in [0.2, 0.25) is 0 Å². The van der Waals surface area contributed by atoms with Gasteiger partial charge in [-0.1, -0.05) is 11.6 Å². The summed E-state index contributed by atoms with van der Waals surface area (Å²) in [6, 6.07) is 3.71. The Morgan fingerprint density at radius 1 is 1.50 bits per heavy atom. The SMILES string of the molecule is Cc1cc2ccn(C)c(=O)c2c(Cl)n1. The van der Waals surface area contributed by atoms with Gasteiger partial charge in [0, 0.05) is 18.9 Å². The van der Waals surface area contributed by atoms with E-state index in [1.807, 2.05) is 19.1 Å². The van der Waals surface area contributed by atoms with E-state index in [2.05, 4.69) is 4.98 Å². The Hall–Kier alpha value is -1.35. The van der Waals surface area contributed by atoms with E-state index in [1.54, 1.807) is 13.2 Å². The summed E-state index contributed by atoms with van der Waals surface area (Å²) in [6.07, 6.45) is 1.72. The van der Waals surface area contributed by atoms with Gasteiger partial charge in [-0.15, -0.1) is 0 Å². The van der Waals surface area contributed by atoms with Crippen molar-refractivity contribution in [1.82, 2.24) is 9.55 Å². The van der Waals surface area contributed by atoms with Crippen LogP contribution < -0.4 is 5.56 Å². The molecule has 2 rings (SSSR count). The van der Waals surface area contributed by atoms with Crippen molar-refractivity contribution in [2.75, 3.05) is 0 Å². The van der Waals surface area contributed by atoms with Crippen LogP contribution in [0.15, 0.2) is 23.1 Å². The number of pyridine rings is 2. The molecule has 0 atom stereocenters. The molecule has 0 unspecified atom stereocenters. The highest BCUT2D eigenvalue weighted by Gasteiger charge is 2.06. The van der Waals surface area contributed by atoms with E-state index in [0.29, 0.717) is 5.39 Å². The number of hydrogen-bond acceptors (Lipinski definition) is 2. The predicted molar refractivity (Wildman–Crippen MR) is 56.7 cm³/mol. The first-order valence-corrected chi connectivity index (χ1v) is 4.60. The Bertz CT molecular complexity index is 560. The lowest BCUT2D eigenvalue weighted by atomic mass is 10.2. The highest BCUT2D eigenvalue weighted by atomic mass is 35.5. The zero-order valence-electron chi connectivity index (χ0n) is 7.91. The molecule has 0 saturated carbocycles. The third-order valence-electron chi connectivity index (χ3n) is 2.15. The van der Waals surface area contributed by atoms with Gasteiger partial charge in [-0.05, 0) is 24.4 Å². The molecule has 4 heteroatoms. The van der Waals surface area contributed by atoms with E-state index in [1.165, 1.54) is 4.57 Å². The maximum absolute atomic E-state index is 11.7. The van der Waals surface area contributed by atoms with Crippen molar-refractivity contribution in [3.05, 3.63) is 39.5 Å². The highest BCUT2D eigenvalue weighted by molar-refractivity contribution is 6.34. The molecule has 14 heavy (non-hydrogen) atoms. The fourth-order valence-corrected chi connectivity index (χ4v) is 1.76. The summed E-state index contributed by atoms with van der Waals surface area (Å²) in [6.45, 7) is 1.85. The molecule has 0 aliphatic rings. The van der Waals surface area contributed by atoms with Crippen LogP contribution in [0.25, 0.3) is 10.8 Å². The average Bonchev–Trinajstić information content (AvgIpc) is 2.10. The summed E-state index contributed by atoms with van der Waals surface area (Å²) < 4.78 is 1.49. The molecule has 2 aromatic heterocycles. The summed E-state index contributed by atoms with van der Waals surface area (Å²) >= 11 is 5.92. The van der Waals surface area contributed by atoms with Crippen LogP contribution in [0.2, 0.25) is 5.15 Å². The molecule has 0 radical (unpaired) electrons. The number of rotatable bonds is 0. The van der Waals surface area contributed by atoms with Gasteiger partial charge in [0.1, 0.15) is 5.15 Å². The molecule has 0 saturated heterocycles. The summed E-state index contributed by atoms with van der Waals surface area (Å²) in [5.74, 6) is 0. The van der Waals surface area contributed by atoms with Gasteiger partial charge >= 0.3 is 0 Å². The monoisotopic (exact) mass is 208 g/mol. The Morgan fingerprint density at radius 3 is 2.93 bits per heavy atom. The molecule has 0 amide bonds. The number of halogens is 1. The van der Waals surface area contributed by atoms with Crippen LogP contribution in [-0.2, 0) is 7.05 Å². The lowest BCUT2D eigenvalue weighted by molar-refractivity contribution is 0.872. The Labute approximate surface area is 86.0 Å². The number of fused-ring (bicyclic) bond motifs is 1.